The van der Waals surface area contributed by atoms with Crippen molar-refractivity contribution in [2.24, 2.45) is 11.1 Å². The van der Waals surface area contributed by atoms with Crippen molar-refractivity contribution in [3.8, 4) is 11.5 Å². The second-order valence-electron chi connectivity index (χ2n) is 4.94. The Morgan fingerprint density at radius 3 is 2.62 bits per heavy atom. The highest BCUT2D eigenvalue weighted by atomic mass is 32.2. The first kappa shape index (κ1) is 15.6. The molecule has 116 valence electrons. The lowest BCUT2D eigenvalue weighted by molar-refractivity contribution is -0.117. The van der Waals surface area contributed by atoms with E-state index in [0.29, 0.717) is 23.7 Å². The van der Waals surface area contributed by atoms with Crippen molar-refractivity contribution < 1.29 is 22.7 Å². The quantitative estimate of drug-likeness (QED) is 0.845. The summed E-state index contributed by atoms with van der Waals surface area (Å²) in [6.45, 7) is 0.290. The Morgan fingerprint density at radius 1 is 1.33 bits per heavy atom. The van der Waals surface area contributed by atoms with Crippen LogP contribution in [0.1, 0.15) is 6.42 Å². The fourth-order valence-electron chi connectivity index (χ4n) is 2.46. The van der Waals surface area contributed by atoms with Crippen LogP contribution in [0.25, 0.3) is 0 Å². The number of rotatable bonds is 5. The van der Waals surface area contributed by atoms with E-state index in [2.05, 4.69) is 0 Å². The van der Waals surface area contributed by atoms with Gasteiger partial charge in [-0.1, -0.05) is 0 Å². The zero-order chi connectivity index (χ0) is 15.6. The molecule has 21 heavy (non-hydrogen) atoms. The van der Waals surface area contributed by atoms with E-state index in [4.69, 9.17) is 14.6 Å². The number of nitrogens with two attached hydrogens (primary N) is 1. The standard InChI is InChI=1S/C13H18N2O5S/c1-19-10-3-4-12(20-2)11(6-10)15-7-9(5-13(15)16)8-21(14,17)18/h3-4,6,9H,5,7-8H2,1-2H3,(H2,14,17,18). The SMILES string of the molecule is COc1ccc(OC)c(N2CC(CS(N)(=O)=O)CC2=O)c1. The largest absolute Gasteiger partial charge is 0.497 e. The van der Waals surface area contributed by atoms with E-state index in [1.165, 1.54) is 19.1 Å². The summed E-state index contributed by atoms with van der Waals surface area (Å²) >= 11 is 0. The van der Waals surface area contributed by atoms with Crippen molar-refractivity contribution >= 4 is 21.6 Å². The summed E-state index contributed by atoms with van der Waals surface area (Å²) < 4.78 is 32.7. The minimum absolute atomic E-state index is 0.150. The number of anilines is 1. The van der Waals surface area contributed by atoms with Gasteiger partial charge >= 0.3 is 0 Å². The normalized spacial score (nSPS) is 18.9. The van der Waals surface area contributed by atoms with Gasteiger partial charge in [0.15, 0.2) is 0 Å². The maximum absolute atomic E-state index is 12.1. The Bertz CT molecular complexity index is 644. The number of sulfonamides is 1. The van der Waals surface area contributed by atoms with Gasteiger partial charge in [0.1, 0.15) is 11.5 Å². The summed E-state index contributed by atoms with van der Waals surface area (Å²) in [7, 11) is -0.563. The van der Waals surface area contributed by atoms with Crippen LogP contribution in [0.15, 0.2) is 18.2 Å². The molecule has 0 saturated carbocycles. The molecule has 1 aliphatic rings. The van der Waals surface area contributed by atoms with Gasteiger partial charge < -0.3 is 14.4 Å². The molecule has 0 aliphatic carbocycles. The molecule has 1 aromatic rings. The fraction of sp³-hybridized carbons (Fsp3) is 0.462. The van der Waals surface area contributed by atoms with Crippen LogP contribution in [-0.2, 0) is 14.8 Å². The van der Waals surface area contributed by atoms with Crippen molar-refractivity contribution in [1.29, 1.82) is 0 Å². The van der Waals surface area contributed by atoms with E-state index in [-0.39, 0.29) is 24.0 Å². The number of primary sulfonamides is 1. The molecule has 7 nitrogen and oxygen atoms in total. The van der Waals surface area contributed by atoms with Gasteiger partial charge in [0.05, 0.1) is 25.7 Å². The minimum atomic E-state index is -3.60. The Balaban J connectivity index is 2.28. The van der Waals surface area contributed by atoms with E-state index in [9.17, 15) is 13.2 Å². The van der Waals surface area contributed by atoms with E-state index in [1.54, 1.807) is 18.2 Å². The minimum Gasteiger partial charge on any atom is -0.497 e. The number of amides is 1. The van der Waals surface area contributed by atoms with Gasteiger partial charge in [-0.15, -0.1) is 0 Å². The molecule has 0 spiro atoms. The molecule has 0 bridgehead atoms. The lowest BCUT2D eigenvalue weighted by Crippen LogP contribution is -2.27. The lowest BCUT2D eigenvalue weighted by atomic mass is 10.1. The van der Waals surface area contributed by atoms with Gasteiger partial charge in [0.25, 0.3) is 0 Å². The molecule has 2 N–H and O–H groups in total. The van der Waals surface area contributed by atoms with E-state index in [0.717, 1.165) is 0 Å². The van der Waals surface area contributed by atoms with E-state index in [1.807, 2.05) is 0 Å². The summed E-state index contributed by atoms with van der Waals surface area (Å²) in [4.78, 5) is 13.6. The summed E-state index contributed by atoms with van der Waals surface area (Å²) in [5, 5.41) is 5.04. The van der Waals surface area contributed by atoms with Gasteiger partial charge in [-0.25, -0.2) is 13.6 Å². The van der Waals surface area contributed by atoms with Crippen LogP contribution in [0.5, 0.6) is 11.5 Å². The molecule has 8 heteroatoms. The summed E-state index contributed by atoms with van der Waals surface area (Å²) in [6.07, 6.45) is 0.150. The molecule has 1 saturated heterocycles. The first-order chi connectivity index (χ1) is 9.84. The van der Waals surface area contributed by atoms with Crippen LogP contribution in [0.2, 0.25) is 0 Å². The van der Waals surface area contributed by atoms with Gasteiger partial charge in [0, 0.05) is 24.9 Å². The third-order valence-corrected chi connectivity index (χ3v) is 4.29. The second kappa shape index (κ2) is 5.90. The molecule has 0 aromatic heterocycles. The molecule has 0 radical (unpaired) electrons. The molecule has 1 fully saturated rings. The number of carbonyl (C=O) groups is 1. The second-order valence-corrected chi connectivity index (χ2v) is 6.60. The highest BCUT2D eigenvalue weighted by Crippen LogP contribution is 2.36. The maximum Gasteiger partial charge on any atom is 0.227 e. The Hall–Kier alpha value is -1.80. The van der Waals surface area contributed by atoms with Crippen molar-refractivity contribution in [3.05, 3.63) is 18.2 Å². The number of ether oxygens (including phenoxy) is 2. The zero-order valence-electron chi connectivity index (χ0n) is 11.9. The van der Waals surface area contributed by atoms with E-state index < -0.39 is 10.0 Å². The number of benzene rings is 1. The monoisotopic (exact) mass is 314 g/mol. The molecule has 1 unspecified atom stereocenters. The van der Waals surface area contributed by atoms with Crippen molar-refractivity contribution in [1.82, 2.24) is 0 Å². The number of hydrogen-bond acceptors (Lipinski definition) is 5. The molecule has 2 rings (SSSR count). The van der Waals surface area contributed by atoms with Crippen LogP contribution in [0.3, 0.4) is 0 Å². The first-order valence-corrected chi connectivity index (χ1v) is 8.08. The Kier molecular flexibility index (Phi) is 4.38. The summed E-state index contributed by atoms with van der Waals surface area (Å²) in [5.41, 5.74) is 0.568. The summed E-state index contributed by atoms with van der Waals surface area (Å²) in [6, 6.07) is 5.12. The smallest absolute Gasteiger partial charge is 0.227 e. The Morgan fingerprint density at radius 2 is 2.05 bits per heavy atom. The average Bonchev–Trinajstić information content (AvgIpc) is 2.76. The van der Waals surface area contributed by atoms with Crippen LogP contribution in [-0.4, -0.2) is 40.8 Å². The molecule has 1 aliphatic heterocycles. The predicted octanol–water partition coefficient (Wildman–Crippen LogP) is 0.345. The Labute approximate surface area is 123 Å². The lowest BCUT2D eigenvalue weighted by Gasteiger charge is -2.20. The highest BCUT2D eigenvalue weighted by molar-refractivity contribution is 7.89. The van der Waals surface area contributed by atoms with E-state index >= 15 is 0 Å². The van der Waals surface area contributed by atoms with Gasteiger partial charge in [-0.2, -0.15) is 0 Å². The first-order valence-electron chi connectivity index (χ1n) is 6.37. The van der Waals surface area contributed by atoms with Crippen LogP contribution in [0, 0.1) is 5.92 Å². The van der Waals surface area contributed by atoms with Gasteiger partial charge in [-0.3, -0.25) is 4.79 Å². The van der Waals surface area contributed by atoms with Gasteiger partial charge in [-0.05, 0) is 12.1 Å². The number of hydrogen-bond donors (Lipinski definition) is 1. The predicted molar refractivity (Wildman–Crippen MR) is 78.0 cm³/mol. The molecule has 1 heterocycles. The van der Waals surface area contributed by atoms with Crippen molar-refractivity contribution in [2.45, 2.75) is 6.42 Å². The zero-order valence-corrected chi connectivity index (χ0v) is 12.7. The average molecular weight is 314 g/mol. The third kappa shape index (κ3) is 3.64. The highest BCUT2D eigenvalue weighted by Gasteiger charge is 2.34. The van der Waals surface area contributed by atoms with Crippen molar-refractivity contribution in [2.75, 3.05) is 31.4 Å². The topological polar surface area (TPSA) is 98.9 Å². The molecule has 1 amide bonds. The molecule has 1 aromatic carbocycles. The van der Waals surface area contributed by atoms with Gasteiger partial charge in [0.2, 0.25) is 15.9 Å². The number of nitrogens with zero attached hydrogens (tertiary/aromatic N) is 1. The number of methoxy groups -OCH3 is 2. The van der Waals surface area contributed by atoms with Crippen LogP contribution >= 0.6 is 0 Å². The summed E-state index contributed by atoms with van der Waals surface area (Å²) in [5.74, 6) is 0.439. The van der Waals surface area contributed by atoms with Crippen molar-refractivity contribution in [3.63, 3.8) is 0 Å². The van der Waals surface area contributed by atoms with Crippen LogP contribution < -0.4 is 19.5 Å². The third-order valence-electron chi connectivity index (χ3n) is 3.35. The number of carbonyl (C=O) groups excluding carboxylic acids is 1. The molecular weight excluding hydrogens is 296 g/mol. The maximum atomic E-state index is 12.1. The fourth-order valence-corrected chi connectivity index (χ4v) is 3.34. The molecule has 1 atom stereocenters. The van der Waals surface area contributed by atoms with Crippen LogP contribution in [0.4, 0.5) is 5.69 Å². The molecular formula is C13H18N2O5S.